The molecule has 2 heterocycles. The first-order valence-corrected chi connectivity index (χ1v) is 28.8. The summed E-state index contributed by atoms with van der Waals surface area (Å²) in [6, 6.07) is 43.8. The number of hydrogen-bond donors (Lipinski definition) is 9. The fourth-order valence-electron chi connectivity index (χ4n) is 11.8. The molecule has 0 spiro atoms. The Kier molecular flexibility index (Phi) is 21.6. The lowest BCUT2D eigenvalue weighted by Gasteiger charge is -2.42. The summed E-state index contributed by atoms with van der Waals surface area (Å²) in [4.78, 5) is 57.9. The van der Waals surface area contributed by atoms with Crippen LogP contribution in [0.5, 0.6) is 0 Å². The third kappa shape index (κ3) is 16.2. The molecule has 9 rings (SSSR count). The van der Waals surface area contributed by atoms with Crippen LogP contribution in [0.3, 0.4) is 0 Å². The van der Waals surface area contributed by atoms with E-state index in [1.54, 1.807) is 24.1 Å². The van der Waals surface area contributed by atoms with Crippen molar-refractivity contribution in [2.45, 2.75) is 119 Å². The van der Waals surface area contributed by atoms with Crippen molar-refractivity contribution in [1.82, 2.24) is 41.7 Å². The van der Waals surface area contributed by atoms with Crippen molar-refractivity contribution in [1.29, 1.82) is 5.41 Å². The summed E-state index contributed by atoms with van der Waals surface area (Å²) in [7, 11) is 1.60. The number of fused-ring (bicyclic) bond motifs is 2. The van der Waals surface area contributed by atoms with E-state index in [1.807, 2.05) is 72.8 Å². The quantitative estimate of drug-likeness (QED) is 0.0204. The van der Waals surface area contributed by atoms with Gasteiger partial charge in [-0.1, -0.05) is 135 Å². The monoisotopic (exact) mass is 1090 g/mol. The van der Waals surface area contributed by atoms with Crippen molar-refractivity contribution in [2.24, 2.45) is 11.5 Å². The Morgan fingerprint density at radius 3 is 2.01 bits per heavy atom. The van der Waals surface area contributed by atoms with Gasteiger partial charge in [0.15, 0.2) is 5.96 Å². The maximum Gasteiger partial charge on any atom is 0.251 e. The van der Waals surface area contributed by atoms with Gasteiger partial charge in [0.2, 0.25) is 17.7 Å². The Morgan fingerprint density at radius 2 is 1.32 bits per heavy atom. The van der Waals surface area contributed by atoms with Crippen molar-refractivity contribution < 1.29 is 23.6 Å². The zero-order valence-corrected chi connectivity index (χ0v) is 46.4. The maximum absolute atomic E-state index is 14.0. The van der Waals surface area contributed by atoms with Crippen LogP contribution >= 0.6 is 0 Å². The van der Waals surface area contributed by atoms with Gasteiger partial charge in [-0.25, -0.2) is 4.39 Å². The Bertz CT molecular complexity index is 2990. The molecule has 424 valence electrons. The molecular formula is C64H82FN11O4. The lowest BCUT2D eigenvalue weighted by atomic mass is 9.69. The number of guanidine groups is 1. The smallest absolute Gasteiger partial charge is 0.251 e. The summed E-state index contributed by atoms with van der Waals surface area (Å²) in [6.45, 7) is 4.58. The fraction of sp³-hybridized carbons (Fsp3) is 0.422. The van der Waals surface area contributed by atoms with E-state index in [0.717, 1.165) is 64.9 Å². The molecule has 4 amide bonds. The predicted octanol–water partition coefficient (Wildman–Crippen LogP) is 7.02. The van der Waals surface area contributed by atoms with Crippen molar-refractivity contribution in [3.63, 3.8) is 0 Å². The van der Waals surface area contributed by atoms with Gasteiger partial charge in [-0.05, 0) is 120 Å². The van der Waals surface area contributed by atoms with Gasteiger partial charge >= 0.3 is 0 Å². The Hall–Kier alpha value is -7.24. The van der Waals surface area contributed by atoms with Gasteiger partial charge in [0.05, 0.1) is 12.1 Å². The minimum absolute atomic E-state index is 0.0116. The van der Waals surface area contributed by atoms with Gasteiger partial charge in [-0.2, -0.15) is 0 Å². The second kappa shape index (κ2) is 29.3. The standard InChI is InChI=1S/C33H42N4O2.C31H40FN7O2/c34-20-9-14-30-32(39)37(24-33(18-7-2-8-19-33)28-12-3-1-4-13-28)21-17-29(36-30)23-35-31(38)27-16-15-25-10-5-6-11-26(25)22-27;1-35-29(40)28(18-22-8-11-23-5-2-3-6-24(23)17-22)39-16-14-26(20-36-19-21-9-12-25(32)13-10-21)38-27(30(39)41)7-4-15-37-31(33)34/h1,3-6,10-13,15-16,22,29-30,36H,2,7-9,14,17-21,23-24,34H2,(H,35,38);2-3,5-6,8-13,17,26-28,36,38H,4,7,14-16,18-20H2,1H3,(H,35,40)(H4,33,34,37)/t29-,30-;26-,27+,28+/m01/s1. The zero-order valence-electron chi connectivity index (χ0n) is 46.4. The number of likely N-dealkylation sites (N-methyl/N-ethyl adjacent to an activating group) is 1. The molecule has 16 heteroatoms. The Labute approximate surface area is 471 Å². The van der Waals surface area contributed by atoms with E-state index in [2.05, 4.69) is 79.3 Å². The number of nitrogens with zero attached hydrogens (tertiary/aromatic N) is 2. The molecule has 3 aliphatic rings. The molecule has 3 fully saturated rings. The largest absolute Gasteiger partial charge is 0.370 e. The highest BCUT2D eigenvalue weighted by molar-refractivity contribution is 5.98. The van der Waals surface area contributed by atoms with E-state index >= 15 is 0 Å². The molecule has 0 aromatic heterocycles. The van der Waals surface area contributed by atoms with Crippen LogP contribution in [0.15, 0.2) is 140 Å². The minimum Gasteiger partial charge on any atom is -0.370 e. The highest BCUT2D eigenvalue weighted by Gasteiger charge is 2.40. The average Bonchev–Trinajstić information content (AvgIpc) is 3.78. The molecule has 2 aliphatic heterocycles. The normalized spacial score (nSPS) is 19.7. The van der Waals surface area contributed by atoms with Gasteiger partial charge in [0.25, 0.3) is 5.91 Å². The van der Waals surface area contributed by atoms with Crippen LogP contribution in [0.1, 0.15) is 97.7 Å². The molecule has 5 atom stereocenters. The summed E-state index contributed by atoms with van der Waals surface area (Å²) in [6.07, 6.45) is 10.4. The van der Waals surface area contributed by atoms with Crippen LogP contribution in [0.2, 0.25) is 0 Å². The van der Waals surface area contributed by atoms with Crippen molar-refractivity contribution >= 4 is 51.1 Å². The summed E-state index contributed by atoms with van der Waals surface area (Å²) in [5.74, 6) is -0.593. The number of halogens is 1. The molecule has 6 aromatic rings. The first-order valence-electron chi connectivity index (χ1n) is 28.8. The third-order valence-corrected chi connectivity index (χ3v) is 16.2. The second-order valence-electron chi connectivity index (χ2n) is 21.9. The van der Waals surface area contributed by atoms with Gasteiger partial charge in [0.1, 0.15) is 11.9 Å². The highest BCUT2D eigenvalue weighted by atomic mass is 19.1. The van der Waals surface area contributed by atoms with E-state index < -0.39 is 12.1 Å². The van der Waals surface area contributed by atoms with Crippen molar-refractivity contribution in [2.75, 3.05) is 52.9 Å². The van der Waals surface area contributed by atoms with Crippen molar-refractivity contribution in [3.8, 4) is 0 Å². The number of carbonyl (C=O) groups excluding carboxylic acids is 4. The van der Waals surface area contributed by atoms with Crippen LogP contribution in [0.25, 0.3) is 21.5 Å². The molecule has 0 unspecified atom stereocenters. The highest BCUT2D eigenvalue weighted by Crippen LogP contribution is 2.40. The summed E-state index contributed by atoms with van der Waals surface area (Å²) < 4.78 is 13.3. The van der Waals surface area contributed by atoms with E-state index in [4.69, 9.17) is 16.9 Å². The SMILES string of the molecule is CNC(=O)[C@H](Cc1ccc2ccccc2c1)N1CC[C@H](CNCc2ccc(F)cc2)N[C@@H](CCCNC(=N)N)C1=O.NCCC[C@@H]1N[C@H](CNC(=O)c2ccc3ccccc3c2)CCN(CC2(c3ccccc3)CCCCC2)C1=O. The van der Waals surface area contributed by atoms with Crippen LogP contribution in [0.4, 0.5) is 4.39 Å². The summed E-state index contributed by atoms with van der Waals surface area (Å²) >= 11 is 0. The average molecular weight is 1090 g/mol. The van der Waals surface area contributed by atoms with E-state index in [9.17, 15) is 23.6 Å². The molecule has 0 radical (unpaired) electrons. The van der Waals surface area contributed by atoms with Crippen LogP contribution in [0, 0.1) is 11.2 Å². The maximum atomic E-state index is 14.0. The molecule has 11 N–H and O–H groups in total. The first kappa shape index (κ1) is 58.9. The molecule has 15 nitrogen and oxygen atoms in total. The first-order chi connectivity index (χ1) is 38.9. The number of nitrogens with one attached hydrogen (secondary N) is 7. The third-order valence-electron chi connectivity index (χ3n) is 16.2. The molecule has 1 aliphatic carbocycles. The number of carbonyl (C=O) groups is 4. The molecule has 2 saturated heterocycles. The van der Waals surface area contributed by atoms with E-state index in [-0.39, 0.29) is 58.9 Å². The molecule has 1 saturated carbocycles. The van der Waals surface area contributed by atoms with Gasteiger partial charge in [-0.15, -0.1) is 0 Å². The number of rotatable bonds is 21. The molecule has 0 bridgehead atoms. The van der Waals surface area contributed by atoms with E-state index in [0.29, 0.717) is 83.5 Å². The van der Waals surface area contributed by atoms with Gasteiger partial charge in [0, 0.05) is 82.3 Å². The van der Waals surface area contributed by atoms with E-state index in [1.165, 1.54) is 37.0 Å². The molecular weight excluding hydrogens is 1010 g/mol. The van der Waals surface area contributed by atoms with Crippen LogP contribution in [-0.4, -0.2) is 122 Å². The Balaban J connectivity index is 0.000000210. The van der Waals surface area contributed by atoms with Crippen LogP contribution < -0.4 is 43.4 Å². The van der Waals surface area contributed by atoms with Crippen LogP contribution in [-0.2, 0) is 32.8 Å². The number of hydrogen-bond acceptors (Lipinski definition) is 9. The number of nitrogens with two attached hydrogens (primary N) is 2. The van der Waals surface area contributed by atoms with Gasteiger partial charge < -0.3 is 53.2 Å². The molecule has 80 heavy (non-hydrogen) atoms. The predicted molar refractivity (Wildman–Crippen MR) is 317 cm³/mol. The summed E-state index contributed by atoms with van der Waals surface area (Å²) in [5, 5.41) is 31.0. The lowest BCUT2D eigenvalue weighted by Crippen LogP contribution is -2.54. The second-order valence-corrected chi connectivity index (χ2v) is 21.9. The number of benzene rings is 6. The fourth-order valence-corrected chi connectivity index (χ4v) is 11.8. The molecule has 6 aromatic carbocycles. The van der Waals surface area contributed by atoms with Crippen molar-refractivity contribution in [3.05, 3.63) is 168 Å². The van der Waals surface area contributed by atoms with Gasteiger partial charge in [-0.3, -0.25) is 24.6 Å². The Morgan fingerprint density at radius 1 is 0.713 bits per heavy atom. The topological polar surface area (TPSA) is 223 Å². The number of amides is 4. The summed E-state index contributed by atoms with van der Waals surface area (Å²) in [5.41, 5.74) is 15.2. The lowest BCUT2D eigenvalue weighted by molar-refractivity contribution is -0.141. The minimum atomic E-state index is -0.653. The zero-order chi connectivity index (χ0) is 56.3.